The fourth-order valence-corrected chi connectivity index (χ4v) is 4.06. The van der Waals surface area contributed by atoms with Gasteiger partial charge in [-0.2, -0.15) is 0 Å². The van der Waals surface area contributed by atoms with Crippen LogP contribution in [-0.2, 0) is 6.54 Å². The molecule has 4 N–H and O–H groups in total. The van der Waals surface area contributed by atoms with Crippen molar-refractivity contribution in [1.29, 1.82) is 0 Å². The smallest absolute Gasteiger partial charge is 0.330 e. The quantitative estimate of drug-likeness (QED) is 0.764. The third-order valence-corrected chi connectivity index (χ3v) is 5.11. The second-order valence-electron chi connectivity index (χ2n) is 6.49. The van der Waals surface area contributed by atoms with Crippen LogP contribution in [0.5, 0.6) is 0 Å². The molecule has 2 saturated carbocycles. The van der Waals surface area contributed by atoms with E-state index in [1.807, 2.05) is 6.92 Å². The molecule has 0 saturated heterocycles. The molecule has 2 aliphatic carbocycles. The molecular formula is C15H24N4O2. The van der Waals surface area contributed by atoms with Crippen molar-refractivity contribution in [2.75, 3.05) is 17.6 Å². The molecule has 2 bridgehead atoms. The van der Waals surface area contributed by atoms with E-state index in [-0.39, 0.29) is 5.82 Å². The summed E-state index contributed by atoms with van der Waals surface area (Å²) in [6, 6.07) is 0. The molecule has 2 fully saturated rings. The van der Waals surface area contributed by atoms with Crippen LogP contribution in [0.25, 0.3) is 0 Å². The minimum Gasteiger partial charge on any atom is -0.383 e. The van der Waals surface area contributed by atoms with Crippen molar-refractivity contribution in [3.8, 4) is 0 Å². The summed E-state index contributed by atoms with van der Waals surface area (Å²) in [5.74, 6) is 2.57. The first-order chi connectivity index (χ1) is 10.1. The van der Waals surface area contributed by atoms with E-state index in [1.54, 1.807) is 0 Å². The molecule has 1 heterocycles. The second kappa shape index (κ2) is 5.58. The molecule has 6 nitrogen and oxygen atoms in total. The van der Waals surface area contributed by atoms with E-state index in [1.165, 1.54) is 30.3 Å². The first-order valence-electron chi connectivity index (χ1n) is 7.96. The maximum atomic E-state index is 12.0. The molecule has 0 aromatic carbocycles. The Morgan fingerprint density at radius 3 is 2.76 bits per heavy atom. The minimum atomic E-state index is -0.426. The molecular weight excluding hydrogens is 268 g/mol. The van der Waals surface area contributed by atoms with E-state index in [0.717, 1.165) is 24.8 Å². The summed E-state index contributed by atoms with van der Waals surface area (Å²) in [6.45, 7) is 3.27. The number of aromatic amines is 1. The van der Waals surface area contributed by atoms with Crippen molar-refractivity contribution in [1.82, 2.24) is 9.55 Å². The van der Waals surface area contributed by atoms with Crippen molar-refractivity contribution >= 4 is 11.5 Å². The second-order valence-corrected chi connectivity index (χ2v) is 6.49. The van der Waals surface area contributed by atoms with E-state index < -0.39 is 11.2 Å². The number of H-pyrrole nitrogens is 1. The maximum absolute atomic E-state index is 12.0. The third kappa shape index (κ3) is 2.59. The van der Waals surface area contributed by atoms with Gasteiger partial charge >= 0.3 is 5.69 Å². The molecule has 0 spiro atoms. The average Bonchev–Trinajstić information content (AvgIpc) is 3.05. The summed E-state index contributed by atoms with van der Waals surface area (Å²) in [7, 11) is 0. The van der Waals surface area contributed by atoms with Gasteiger partial charge in [0.15, 0.2) is 0 Å². The van der Waals surface area contributed by atoms with Crippen LogP contribution in [0, 0.1) is 17.8 Å². The molecule has 0 radical (unpaired) electrons. The number of fused-ring (bicyclic) bond motifs is 2. The van der Waals surface area contributed by atoms with E-state index in [0.29, 0.717) is 18.2 Å². The molecule has 3 unspecified atom stereocenters. The van der Waals surface area contributed by atoms with Gasteiger partial charge in [0.05, 0.1) is 0 Å². The molecule has 3 rings (SSSR count). The molecule has 0 amide bonds. The molecule has 6 heteroatoms. The number of hydrogen-bond acceptors (Lipinski definition) is 4. The van der Waals surface area contributed by atoms with Gasteiger partial charge in [-0.25, -0.2) is 4.79 Å². The Labute approximate surface area is 123 Å². The molecule has 21 heavy (non-hydrogen) atoms. The summed E-state index contributed by atoms with van der Waals surface area (Å²) in [5.41, 5.74) is 5.53. The van der Waals surface area contributed by atoms with Crippen molar-refractivity contribution in [2.45, 2.75) is 45.6 Å². The van der Waals surface area contributed by atoms with Gasteiger partial charge in [-0.15, -0.1) is 0 Å². The Hall–Kier alpha value is -1.72. The lowest BCUT2D eigenvalue weighted by molar-refractivity contribution is 0.348. The van der Waals surface area contributed by atoms with Crippen molar-refractivity contribution in [3.05, 3.63) is 20.8 Å². The van der Waals surface area contributed by atoms with Crippen molar-refractivity contribution in [3.63, 3.8) is 0 Å². The Balaban J connectivity index is 1.77. The number of nitrogens with zero attached hydrogens (tertiary/aromatic N) is 1. The van der Waals surface area contributed by atoms with Crippen LogP contribution in [0.4, 0.5) is 11.5 Å². The number of nitrogens with one attached hydrogen (secondary N) is 2. The van der Waals surface area contributed by atoms with Gasteiger partial charge in [0.1, 0.15) is 11.5 Å². The van der Waals surface area contributed by atoms with Gasteiger partial charge < -0.3 is 11.1 Å². The number of nitrogen functional groups attached to an aromatic ring is 1. The fourth-order valence-electron chi connectivity index (χ4n) is 4.06. The standard InChI is InChI=1S/C15H24N4O2/c1-2-5-19-13(16)12(14(20)18-15(19)21)17-8-11-7-9-3-4-10(11)6-9/h9-11,17H,2-8,16H2,1H3,(H,18,20,21). The van der Waals surface area contributed by atoms with E-state index in [9.17, 15) is 9.59 Å². The number of rotatable bonds is 5. The number of hydrogen-bond donors (Lipinski definition) is 3. The first kappa shape index (κ1) is 14.2. The number of aromatic nitrogens is 2. The SMILES string of the molecule is CCCn1c(N)c(NCC2CC3CCC2C3)c(=O)[nH]c1=O. The monoisotopic (exact) mass is 292 g/mol. The molecule has 3 atom stereocenters. The van der Waals surface area contributed by atoms with Crippen LogP contribution >= 0.6 is 0 Å². The summed E-state index contributed by atoms with van der Waals surface area (Å²) in [4.78, 5) is 26.1. The molecule has 116 valence electrons. The van der Waals surface area contributed by atoms with Crippen molar-refractivity contribution < 1.29 is 0 Å². The van der Waals surface area contributed by atoms with Crippen LogP contribution in [0.2, 0.25) is 0 Å². The predicted molar refractivity (Wildman–Crippen MR) is 83.5 cm³/mol. The normalized spacial score (nSPS) is 27.2. The van der Waals surface area contributed by atoms with Gasteiger partial charge in [0.25, 0.3) is 5.56 Å². The van der Waals surface area contributed by atoms with Gasteiger partial charge in [0.2, 0.25) is 0 Å². The first-order valence-corrected chi connectivity index (χ1v) is 7.96. The van der Waals surface area contributed by atoms with E-state index in [4.69, 9.17) is 5.73 Å². The highest BCUT2D eigenvalue weighted by atomic mass is 16.2. The lowest BCUT2D eigenvalue weighted by Gasteiger charge is -2.22. The average molecular weight is 292 g/mol. The summed E-state index contributed by atoms with van der Waals surface area (Å²) in [5, 5.41) is 3.21. The van der Waals surface area contributed by atoms with Gasteiger partial charge in [-0.1, -0.05) is 13.3 Å². The van der Waals surface area contributed by atoms with Gasteiger partial charge in [-0.05, 0) is 43.4 Å². The highest BCUT2D eigenvalue weighted by Crippen LogP contribution is 2.48. The summed E-state index contributed by atoms with van der Waals surface area (Å²) in [6.07, 6.45) is 6.07. The largest absolute Gasteiger partial charge is 0.383 e. The fraction of sp³-hybridized carbons (Fsp3) is 0.733. The van der Waals surface area contributed by atoms with Crippen LogP contribution in [0.1, 0.15) is 39.0 Å². The summed E-state index contributed by atoms with van der Waals surface area (Å²) >= 11 is 0. The van der Waals surface area contributed by atoms with Crippen LogP contribution < -0.4 is 22.3 Å². The zero-order chi connectivity index (χ0) is 15.0. The Bertz CT molecular complexity index is 634. The van der Waals surface area contributed by atoms with Crippen LogP contribution in [0.15, 0.2) is 9.59 Å². The molecule has 0 aliphatic heterocycles. The molecule has 1 aromatic heterocycles. The zero-order valence-electron chi connectivity index (χ0n) is 12.5. The summed E-state index contributed by atoms with van der Waals surface area (Å²) < 4.78 is 1.44. The number of anilines is 2. The molecule has 1 aromatic rings. The Kier molecular flexibility index (Phi) is 3.78. The van der Waals surface area contributed by atoms with Crippen LogP contribution in [-0.4, -0.2) is 16.1 Å². The Morgan fingerprint density at radius 2 is 2.14 bits per heavy atom. The minimum absolute atomic E-state index is 0.258. The highest BCUT2D eigenvalue weighted by Gasteiger charge is 2.39. The number of nitrogens with two attached hydrogens (primary N) is 1. The lowest BCUT2D eigenvalue weighted by Crippen LogP contribution is -2.35. The third-order valence-electron chi connectivity index (χ3n) is 5.11. The topological polar surface area (TPSA) is 92.9 Å². The Morgan fingerprint density at radius 1 is 1.33 bits per heavy atom. The predicted octanol–water partition coefficient (Wildman–Crippen LogP) is 1.38. The highest BCUT2D eigenvalue weighted by molar-refractivity contribution is 5.60. The van der Waals surface area contributed by atoms with Crippen molar-refractivity contribution in [2.24, 2.45) is 17.8 Å². The van der Waals surface area contributed by atoms with E-state index >= 15 is 0 Å². The lowest BCUT2D eigenvalue weighted by atomic mass is 9.89. The maximum Gasteiger partial charge on any atom is 0.330 e. The molecule has 2 aliphatic rings. The van der Waals surface area contributed by atoms with Gasteiger partial charge in [-0.3, -0.25) is 14.3 Å². The van der Waals surface area contributed by atoms with Crippen LogP contribution in [0.3, 0.4) is 0 Å². The van der Waals surface area contributed by atoms with E-state index in [2.05, 4.69) is 10.3 Å². The van der Waals surface area contributed by atoms with Gasteiger partial charge in [0, 0.05) is 13.1 Å². The zero-order valence-corrected chi connectivity index (χ0v) is 12.5.